The van der Waals surface area contributed by atoms with Crippen LogP contribution in [-0.2, 0) is 5.88 Å². The quantitative estimate of drug-likeness (QED) is 0.660. The molecule has 0 N–H and O–H groups in total. The first-order chi connectivity index (χ1) is 10.2. The molecule has 0 saturated heterocycles. The van der Waals surface area contributed by atoms with E-state index < -0.39 is 5.82 Å². The van der Waals surface area contributed by atoms with Crippen LogP contribution in [0.2, 0.25) is 5.02 Å². The lowest BCUT2D eigenvalue weighted by molar-refractivity contribution is 0.419. The van der Waals surface area contributed by atoms with Gasteiger partial charge in [0.2, 0.25) is 0 Å². The number of imidazole rings is 1. The first kappa shape index (κ1) is 14.2. The highest BCUT2D eigenvalue weighted by Gasteiger charge is 2.15. The summed E-state index contributed by atoms with van der Waals surface area (Å²) in [5.74, 6) is 1.05. The molecule has 0 fully saturated rings. The summed E-state index contributed by atoms with van der Waals surface area (Å²) >= 11 is 11.9. The number of fused-ring (bicyclic) bond motifs is 1. The summed E-state index contributed by atoms with van der Waals surface area (Å²) < 4.78 is 20.5. The maximum atomic E-state index is 13.4. The summed E-state index contributed by atoms with van der Waals surface area (Å²) in [7, 11) is 1.59. The second kappa shape index (κ2) is 5.54. The first-order valence-electron chi connectivity index (χ1n) is 6.21. The monoisotopic (exact) mass is 324 g/mol. The Bertz CT molecular complexity index is 817. The fraction of sp³-hybridized carbons (Fsp3) is 0.133. The van der Waals surface area contributed by atoms with Gasteiger partial charge < -0.3 is 4.74 Å². The van der Waals surface area contributed by atoms with E-state index in [-0.39, 0.29) is 10.9 Å². The van der Waals surface area contributed by atoms with E-state index in [1.807, 2.05) is 22.8 Å². The van der Waals surface area contributed by atoms with Crippen LogP contribution in [0.4, 0.5) is 4.39 Å². The molecule has 0 atom stereocenters. The van der Waals surface area contributed by atoms with Gasteiger partial charge in [-0.2, -0.15) is 0 Å². The molecule has 1 aromatic heterocycles. The van der Waals surface area contributed by atoms with E-state index in [1.165, 1.54) is 6.07 Å². The minimum Gasteiger partial charge on any atom is -0.494 e. The molecule has 0 aliphatic heterocycles. The molecule has 0 spiro atoms. The van der Waals surface area contributed by atoms with Crippen LogP contribution in [0.15, 0.2) is 36.4 Å². The Kier molecular flexibility index (Phi) is 3.74. The highest BCUT2D eigenvalue weighted by Crippen LogP contribution is 2.30. The summed E-state index contributed by atoms with van der Waals surface area (Å²) in [6, 6.07) is 10.1. The first-order valence-corrected chi connectivity index (χ1v) is 7.12. The van der Waals surface area contributed by atoms with Crippen LogP contribution in [-0.4, -0.2) is 16.7 Å². The largest absolute Gasteiger partial charge is 0.494 e. The zero-order valence-electron chi connectivity index (χ0n) is 11.1. The minimum absolute atomic E-state index is 0.0535. The number of hydrogen-bond donors (Lipinski definition) is 0. The normalized spacial score (nSPS) is 11.0. The van der Waals surface area contributed by atoms with Gasteiger partial charge in [-0.25, -0.2) is 9.37 Å². The zero-order chi connectivity index (χ0) is 15.0. The average molecular weight is 325 g/mol. The highest BCUT2D eigenvalue weighted by atomic mass is 35.5. The predicted octanol–water partition coefficient (Wildman–Crippen LogP) is 4.57. The second-order valence-corrected chi connectivity index (χ2v) is 5.10. The topological polar surface area (TPSA) is 27.1 Å². The Balaban J connectivity index is 2.32. The van der Waals surface area contributed by atoms with Crippen LogP contribution < -0.4 is 4.74 Å². The van der Waals surface area contributed by atoms with Crippen molar-refractivity contribution in [3.8, 4) is 11.4 Å². The van der Waals surface area contributed by atoms with Crippen molar-refractivity contribution in [2.45, 2.75) is 5.88 Å². The number of ether oxygens (including phenoxy) is 1. The van der Waals surface area contributed by atoms with E-state index in [0.717, 1.165) is 5.52 Å². The fourth-order valence-corrected chi connectivity index (χ4v) is 2.64. The van der Waals surface area contributed by atoms with Crippen molar-refractivity contribution in [3.63, 3.8) is 0 Å². The van der Waals surface area contributed by atoms with Crippen molar-refractivity contribution in [1.29, 1.82) is 0 Å². The molecule has 0 unspecified atom stereocenters. The molecule has 0 aliphatic carbocycles. The predicted molar refractivity (Wildman–Crippen MR) is 82.1 cm³/mol. The summed E-state index contributed by atoms with van der Waals surface area (Å²) in [5, 5.41) is 0.0535. The van der Waals surface area contributed by atoms with Crippen molar-refractivity contribution in [3.05, 3.63) is 53.1 Å². The Hall–Kier alpha value is -1.78. The lowest BCUT2D eigenvalue weighted by atomic mass is 10.2. The summed E-state index contributed by atoms with van der Waals surface area (Å²) in [6.07, 6.45) is 0. The van der Waals surface area contributed by atoms with Crippen LogP contribution in [0, 0.1) is 5.82 Å². The molecule has 3 aromatic rings. The third-order valence-corrected chi connectivity index (χ3v) is 3.75. The minimum atomic E-state index is -0.463. The number of para-hydroxylation sites is 1. The second-order valence-electron chi connectivity index (χ2n) is 4.42. The van der Waals surface area contributed by atoms with Gasteiger partial charge in [0.1, 0.15) is 22.9 Å². The van der Waals surface area contributed by atoms with Crippen LogP contribution in [0.25, 0.3) is 16.7 Å². The van der Waals surface area contributed by atoms with E-state index in [1.54, 1.807) is 19.2 Å². The number of nitrogens with zero attached hydrogens (tertiary/aromatic N) is 2. The molecule has 0 bridgehead atoms. The fourth-order valence-electron chi connectivity index (χ4n) is 2.29. The molecule has 108 valence electrons. The average Bonchev–Trinajstić information content (AvgIpc) is 2.88. The molecule has 0 aliphatic rings. The van der Waals surface area contributed by atoms with E-state index >= 15 is 0 Å². The van der Waals surface area contributed by atoms with Crippen molar-refractivity contribution in [1.82, 2.24) is 9.55 Å². The molecular weight excluding hydrogens is 314 g/mol. The molecule has 3 nitrogen and oxygen atoms in total. The smallest absolute Gasteiger partial charge is 0.146 e. The zero-order valence-corrected chi connectivity index (χ0v) is 12.6. The Morgan fingerprint density at radius 2 is 2.10 bits per heavy atom. The van der Waals surface area contributed by atoms with Gasteiger partial charge in [-0.1, -0.05) is 17.7 Å². The van der Waals surface area contributed by atoms with Gasteiger partial charge in [0, 0.05) is 5.69 Å². The maximum Gasteiger partial charge on any atom is 0.146 e. The molecule has 21 heavy (non-hydrogen) atoms. The summed E-state index contributed by atoms with van der Waals surface area (Å²) in [5.41, 5.74) is 2.23. The number of alkyl halides is 1. The standard InChI is InChI=1S/C15H11Cl2FN2O/c1-21-13-4-2-3-12-15(13)19-14(8-16)20(12)9-5-6-11(18)10(17)7-9/h2-7H,8H2,1H3. The van der Waals surface area contributed by atoms with E-state index in [2.05, 4.69) is 4.98 Å². The van der Waals surface area contributed by atoms with E-state index in [4.69, 9.17) is 27.9 Å². The van der Waals surface area contributed by atoms with Crippen LogP contribution >= 0.6 is 23.2 Å². The molecule has 0 saturated carbocycles. The number of methoxy groups -OCH3 is 1. The molecular formula is C15H11Cl2FN2O. The number of aromatic nitrogens is 2. The molecule has 2 aromatic carbocycles. The van der Waals surface area contributed by atoms with Gasteiger partial charge in [-0.15, -0.1) is 11.6 Å². The van der Waals surface area contributed by atoms with Gasteiger partial charge in [-0.05, 0) is 30.3 Å². The van der Waals surface area contributed by atoms with Crippen molar-refractivity contribution >= 4 is 34.2 Å². The SMILES string of the molecule is COc1cccc2c1nc(CCl)n2-c1ccc(F)c(Cl)c1. The number of benzene rings is 2. The van der Waals surface area contributed by atoms with Crippen LogP contribution in [0.1, 0.15) is 5.82 Å². The lowest BCUT2D eigenvalue weighted by Crippen LogP contribution is -1.99. The van der Waals surface area contributed by atoms with Gasteiger partial charge in [-0.3, -0.25) is 4.57 Å². The molecule has 0 radical (unpaired) electrons. The Labute approximate surface area is 130 Å². The number of hydrogen-bond acceptors (Lipinski definition) is 2. The molecule has 6 heteroatoms. The number of rotatable bonds is 3. The molecule has 1 heterocycles. The van der Waals surface area contributed by atoms with Crippen LogP contribution in [0.5, 0.6) is 5.75 Å². The third kappa shape index (κ3) is 2.34. The third-order valence-electron chi connectivity index (χ3n) is 3.22. The summed E-state index contributed by atoms with van der Waals surface area (Å²) in [6.45, 7) is 0. The van der Waals surface area contributed by atoms with Gasteiger partial charge >= 0.3 is 0 Å². The van der Waals surface area contributed by atoms with Crippen LogP contribution in [0.3, 0.4) is 0 Å². The van der Waals surface area contributed by atoms with Gasteiger partial charge in [0.15, 0.2) is 0 Å². The van der Waals surface area contributed by atoms with Crippen molar-refractivity contribution < 1.29 is 9.13 Å². The lowest BCUT2D eigenvalue weighted by Gasteiger charge is -2.09. The maximum absolute atomic E-state index is 13.4. The van der Waals surface area contributed by atoms with Gasteiger partial charge in [0.25, 0.3) is 0 Å². The van der Waals surface area contributed by atoms with Crippen molar-refractivity contribution in [2.75, 3.05) is 7.11 Å². The highest BCUT2D eigenvalue weighted by molar-refractivity contribution is 6.30. The Morgan fingerprint density at radius 1 is 1.29 bits per heavy atom. The molecule has 0 amide bonds. The molecule has 3 rings (SSSR count). The van der Waals surface area contributed by atoms with E-state index in [9.17, 15) is 4.39 Å². The van der Waals surface area contributed by atoms with Gasteiger partial charge in [0.05, 0.1) is 23.5 Å². The van der Waals surface area contributed by atoms with Crippen molar-refractivity contribution in [2.24, 2.45) is 0 Å². The summed E-state index contributed by atoms with van der Waals surface area (Å²) in [4.78, 5) is 4.50. The van der Waals surface area contributed by atoms with E-state index in [0.29, 0.717) is 22.8 Å². The Morgan fingerprint density at radius 3 is 2.76 bits per heavy atom. The number of halogens is 3.